The van der Waals surface area contributed by atoms with Crippen molar-refractivity contribution in [3.05, 3.63) is 35.6 Å². The van der Waals surface area contributed by atoms with Crippen LogP contribution in [-0.2, 0) is 4.74 Å². The molecule has 0 aliphatic carbocycles. The molecule has 1 amide bonds. The van der Waals surface area contributed by atoms with Gasteiger partial charge in [-0.15, -0.1) is 0 Å². The van der Waals surface area contributed by atoms with E-state index in [9.17, 15) is 9.18 Å². The molecule has 1 saturated heterocycles. The maximum absolute atomic E-state index is 13.6. The van der Waals surface area contributed by atoms with Gasteiger partial charge < -0.3 is 9.64 Å². The van der Waals surface area contributed by atoms with E-state index in [0.717, 1.165) is 32.7 Å². The van der Waals surface area contributed by atoms with Crippen molar-refractivity contribution in [2.24, 2.45) is 0 Å². The summed E-state index contributed by atoms with van der Waals surface area (Å²) in [5.74, 6) is -0.653. The van der Waals surface area contributed by atoms with E-state index in [1.54, 1.807) is 30.2 Å². The third-order valence-electron chi connectivity index (χ3n) is 3.59. The normalized spacial score (nSPS) is 16.4. The summed E-state index contributed by atoms with van der Waals surface area (Å²) >= 11 is 0. The van der Waals surface area contributed by atoms with Gasteiger partial charge in [-0.05, 0) is 18.6 Å². The van der Waals surface area contributed by atoms with Crippen molar-refractivity contribution in [1.82, 2.24) is 9.80 Å². The van der Waals surface area contributed by atoms with Gasteiger partial charge in [0, 0.05) is 46.4 Å². The van der Waals surface area contributed by atoms with Crippen LogP contribution >= 0.6 is 0 Å². The van der Waals surface area contributed by atoms with Gasteiger partial charge in [0.2, 0.25) is 0 Å². The number of rotatable bonds is 5. The molecule has 1 fully saturated rings. The molecule has 2 rings (SSSR count). The molecule has 0 bridgehead atoms. The highest BCUT2D eigenvalue weighted by Gasteiger charge is 2.23. The third-order valence-corrected chi connectivity index (χ3v) is 3.59. The monoisotopic (exact) mass is 280 g/mol. The zero-order valence-corrected chi connectivity index (χ0v) is 11.8. The Balaban J connectivity index is 1.85. The number of piperazine rings is 1. The number of hydrogen-bond donors (Lipinski definition) is 0. The Morgan fingerprint density at radius 1 is 1.25 bits per heavy atom. The Labute approximate surface area is 119 Å². The van der Waals surface area contributed by atoms with Gasteiger partial charge in [-0.2, -0.15) is 0 Å². The second-order valence-electron chi connectivity index (χ2n) is 4.96. The van der Waals surface area contributed by atoms with E-state index in [0.29, 0.717) is 13.1 Å². The lowest BCUT2D eigenvalue weighted by Crippen LogP contribution is -2.49. The molecule has 1 aliphatic rings. The number of hydrogen-bond acceptors (Lipinski definition) is 3. The molecular formula is C15H21FN2O2. The number of halogens is 1. The second kappa shape index (κ2) is 7.36. The third kappa shape index (κ3) is 3.77. The number of nitrogens with zero attached hydrogens (tertiary/aromatic N) is 2. The molecule has 4 nitrogen and oxygen atoms in total. The quantitative estimate of drug-likeness (QED) is 0.768. The van der Waals surface area contributed by atoms with Crippen LogP contribution < -0.4 is 0 Å². The number of benzene rings is 1. The van der Waals surface area contributed by atoms with Gasteiger partial charge >= 0.3 is 0 Å². The first-order chi connectivity index (χ1) is 9.72. The highest BCUT2D eigenvalue weighted by atomic mass is 19.1. The first-order valence-electron chi connectivity index (χ1n) is 6.97. The molecule has 110 valence electrons. The summed E-state index contributed by atoms with van der Waals surface area (Å²) < 4.78 is 18.6. The van der Waals surface area contributed by atoms with Crippen molar-refractivity contribution in [2.75, 3.05) is 46.4 Å². The molecule has 20 heavy (non-hydrogen) atoms. The van der Waals surface area contributed by atoms with Crippen LogP contribution in [-0.4, -0.2) is 62.1 Å². The van der Waals surface area contributed by atoms with Crippen LogP contribution in [0.2, 0.25) is 0 Å². The summed E-state index contributed by atoms with van der Waals surface area (Å²) in [6.07, 6.45) is 0.998. The van der Waals surface area contributed by atoms with E-state index in [2.05, 4.69) is 4.90 Å². The average Bonchev–Trinajstić information content (AvgIpc) is 2.48. The Kier molecular flexibility index (Phi) is 5.49. The molecule has 0 unspecified atom stereocenters. The molecule has 5 heteroatoms. The van der Waals surface area contributed by atoms with Gasteiger partial charge in [-0.25, -0.2) is 4.39 Å². The largest absolute Gasteiger partial charge is 0.385 e. The van der Waals surface area contributed by atoms with Crippen molar-refractivity contribution in [3.63, 3.8) is 0 Å². The lowest BCUT2D eigenvalue weighted by molar-refractivity contribution is 0.0619. The van der Waals surface area contributed by atoms with Crippen molar-refractivity contribution < 1.29 is 13.9 Å². The second-order valence-corrected chi connectivity index (χ2v) is 4.96. The fourth-order valence-corrected chi connectivity index (χ4v) is 2.41. The van der Waals surface area contributed by atoms with Crippen molar-refractivity contribution >= 4 is 5.91 Å². The Hall–Kier alpha value is -1.46. The molecule has 0 radical (unpaired) electrons. The zero-order chi connectivity index (χ0) is 14.4. The zero-order valence-electron chi connectivity index (χ0n) is 11.8. The van der Waals surface area contributed by atoms with Crippen molar-refractivity contribution in [2.45, 2.75) is 6.42 Å². The van der Waals surface area contributed by atoms with E-state index in [-0.39, 0.29) is 11.5 Å². The molecule has 0 spiro atoms. The van der Waals surface area contributed by atoms with Crippen LogP contribution in [0.1, 0.15) is 16.8 Å². The van der Waals surface area contributed by atoms with Crippen LogP contribution in [0.15, 0.2) is 24.3 Å². The van der Waals surface area contributed by atoms with E-state index in [1.165, 1.54) is 6.07 Å². The van der Waals surface area contributed by atoms with E-state index in [1.807, 2.05) is 0 Å². The van der Waals surface area contributed by atoms with Gasteiger partial charge in [0.05, 0.1) is 5.56 Å². The fraction of sp³-hybridized carbons (Fsp3) is 0.533. The summed E-state index contributed by atoms with van der Waals surface area (Å²) in [7, 11) is 1.70. The Morgan fingerprint density at radius 2 is 1.95 bits per heavy atom. The summed E-state index contributed by atoms with van der Waals surface area (Å²) in [5.41, 5.74) is 0.167. The lowest BCUT2D eigenvalue weighted by atomic mass is 10.1. The molecule has 0 saturated carbocycles. The SMILES string of the molecule is COCCCN1CCN(C(=O)c2ccccc2F)CC1. The maximum Gasteiger partial charge on any atom is 0.256 e. The molecular weight excluding hydrogens is 259 g/mol. The van der Waals surface area contributed by atoms with Crippen LogP contribution in [0.4, 0.5) is 4.39 Å². The minimum Gasteiger partial charge on any atom is -0.385 e. The summed E-state index contributed by atoms with van der Waals surface area (Å²) in [5, 5.41) is 0. The topological polar surface area (TPSA) is 32.8 Å². The summed E-state index contributed by atoms with van der Waals surface area (Å²) in [6.45, 7) is 4.72. The first kappa shape index (κ1) is 14.9. The van der Waals surface area contributed by atoms with Gasteiger partial charge in [-0.1, -0.05) is 12.1 Å². The maximum atomic E-state index is 13.6. The Bertz CT molecular complexity index is 445. The minimum atomic E-state index is -0.444. The van der Waals surface area contributed by atoms with E-state index in [4.69, 9.17) is 4.74 Å². The smallest absolute Gasteiger partial charge is 0.256 e. The van der Waals surface area contributed by atoms with Crippen LogP contribution in [0.25, 0.3) is 0 Å². The van der Waals surface area contributed by atoms with Crippen molar-refractivity contribution in [1.29, 1.82) is 0 Å². The highest BCUT2D eigenvalue weighted by molar-refractivity contribution is 5.94. The van der Waals surface area contributed by atoms with E-state index >= 15 is 0 Å². The van der Waals surface area contributed by atoms with E-state index < -0.39 is 5.82 Å². The molecule has 0 atom stereocenters. The first-order valence-corrected chi connectivity index (χ1v) is 6.97. The predicted molar refractivity (Wildman–Crippen MR) is 75.2 cm³/mol. The van der Waals surface area contributed by atoms with Crippen LogP contribution in [0, 0.1) is 5.82 Å². The molecule has 1 heterocycles. The molecule has 0 aromatic heterocycles. The number of carbonyl (C=O) groups excluding carboxylic acids is 1. The number of carbonyl (C=O) groups is 1. The summed E-state index contributed by atoms with van der Waals surface area (Å²) in [6, 6.07) is 6.16. The average molecular weight is 280 g/mol. The fourth-order valence-electron chi connectivity index (χ4n) is 2.41. The number of methoxy groups -OCH3 is 1. The van der Waals surface area contributed by atoms with Gasteiger partial charge in [0.1, 0.15) is 5.82 Å². The minimum absolute atomic E-state index is 0.167. The molecule has 1 aromatic rings. The van der Waals surface area contributed by atoms with Gasteiger partial charge in [0.25, 0.3) is 5.91 Å². The number of amides is 1. The number of ether oxygens (including phenoxy) is 1. The molecule has 1 aromatic carbocycles. The lowest BCUT2D eigenvalue weighted by Gasteiger charge is -2.34. The van der Waals surface area contributed by atoms with Crippen molar-refractivity contribution in [3.8, 4) is 0 Å². The Morgan fingerprint density at radius 3 is 2.60 bits per heavy atom. The molecule has 0 N–H and O–H groups in total. The van der Waals surface area contributed by atoms with Gasteiger partial charge in [-0.3, -0.25) is 9.69 Å². The van der Waals surface area contributed by atoms with Gasteiger partial charge in [0.15, 0.2) is 0 Å². The summed E-state index contributed by atoms with van der Waals surface area (Å²) in [4.78, 5) is 16.3. The highest BCUT2D eigenvalue weighted by Crippen LogP contribution is 2.12. The molecule has 1 aliphatic heterocycles. The predicted octanol–water partition coefficient (Wildman–Crippen LogP) is 1.62. The standard InChI is InChI=1S/C15H21FN2O2/c1-20-12-4-7-17-8-10-18(11-9-17)15(19)13-5-2-3-6-14(13)16/h2-3,5-6H,4,7-12H2,1H3. The van der Waals surface area contributed by atoms with Crippen LogP contribution in [0.5, 0.6) is 0 Å². The van der Waals surface area contributed by atoms with Crippen LogP contribution in [0.3, 0.4) is 0 Å².